The summed E-state index contributed by atoms with van der Waals surface area (Å²) in [7, 11) is 1.08. The molecule has 0 atom stereocenters. The summed E-state index contributed by atoms with van der Waals surface area (Å²) in [4.78, 5) is 0. The van der Waals surface area contributed by atoms with Crippen molar-refractivity contribution in [3.8, 4) is 22.3 Å². The maximum atomic E-state index is 2.28. The Morgan fingerprint density at radius 1 is 0.409 bits per heavy atom. The predicted octanol–water partition coefficient (Wildman–Crippen LogP) is 12.2. The zero-order chi connectivity index (χ0) is 29.8. The Balaban J connectivity index is 0.000000157. The van der Waals surface area contributed by atoms with Gasteiger partial charge in [-0.05, 0) is 32.7 Å². The number of benzene rings is 6. The van der Waals surface area contributed by atoms with Crippen molar-refractivity contribution in [3.05, 3.63) is 157 Å². The predicted molar refractivity (Wildman–Crippen MR) is 192 cm³/mol. The summed E-state index contributed by atoms with van der Waals surface area (Å²) in [6, 6.07) is 52.5. The van der Waals surface area contributed by atoms with Crippen LogP contribution < -0.4 is 0 Å². The van der Waals surface area contributed by atoms with Gasteiger partial charge in [0, 0.05) is 9.52 Å². The van der Waals surface area contributed by atoms with Gasteiger partial charge in [-0.25, -0.2) is 0 Å². The molecule has 0 aliphatic carbocycles. The molecular formula is C42H36SiZr. The average molecular weight is 660 g/mol. The standard InChI is InChI=1S/2C20H15.C2H6Si.Zr/c2*1-14-12-16-8-5-11-19(20(16)13-14)18-10-4-7-15-6-2-3-9-17(15)18;1-3-2;/h2*2-13H,1H3;1-2H3;/q2*-1;;+2. The maximum absolute atomic E-state index is 2.28. The molecular weight excluding hydrogens is 624 g/mol. The van der Waals surface area contributed by atoms with Gasteiger partial charge in [0.1, 0.15) is 0 Å². The molecule has 0 aromatic heterocycles. The monoisotopic (exact) mass is 658 g/mol. The fourth-order valence-electron chi connectivity index (χ4n) is 6.16. The summed E-state index contributed by atoms with van der Waals surface area (Å²) < 4.78 is 0. The fourth-order valence-corrected chi connectivity index (χ4v) is 6.16. The number of hydrogen-bond donors (Lipinski definition) is 0. The molecule has 0 nitrogen and oxygen atoms in total. The Morgan fingerprint density at radius 2 is 0.727 bits per heavy atom. The Morgan fingerprint density at radius 3 is 1.14 bits per heavy atom. The third kappa shape index (κ3) is 6.48. The third-order valence-electron chi connectivity index (χ3n) is 7.95. The van der Waals surface area contributed by atoms with E-state index in [0.717, 1.165) is 9.52 Å². The second-order valence-corrected chi connectivity index (χ2v) is 12.2. The molecule has 0 unspecified atom stereocenters. The van der Waals surface area contributed by atoms with E-state index in [4.69, 9.17) is 0 Å². The SMILES string of the molecule is C[Si]C.Cc1cc2c(-c3cccc4ccccc34)cccc2[cH-]1.Cc1cc2c(-c3cccc4ccccc34)cccc2[cH-]1.[Zr+2]. The van der Waals surface area contributed by atoms with Crippen LogP contribution in [0.4, 0.5) is 0 Å². The van der Waals surface area contributed by atoms with E-state index in [1.807, 2.05) is 0 Å². The number of aryl methyl sites for hydroxylation is 2. The van der Waals surface area contributed by atoms with E-state index >= 15 is 0 Å². The van der Waals surface area contributed by atoms with E-state index < -0.39 is 0 Å². The van der Waals surface area contributed by atoms with Crippen LogP contribution in [-0.2, 0) is 26.2 Å². The van der Waals surface area contributed by atoms with Gasteiger partial charge in [0.15, 0.2) is 0 Å². The molecule has 44 heavy (non-hydrogen) atoms. The topological polar surface area (TPSA) is 0 Å². The molecule has 0 aliphatic rings. The first-order chi connectivity index (χ1) is 21.1. The van der Waals surface area contributed by atoms with E-state index in [1.54, 1.807) is 0 Å². The Kier molecular flexibility index (Phi) is 10.3. The van der Waals surface area contributed by atoms with E-state index in [-0.39, 0.29) is 26.2 Å². The summed E-state index contributed by atoms with van der Waals surface area (Å²) in [6.07, 6.45) is 0. The molecule has 2 heteroatoms. The molecule has 2 radical (unpaired) electrons. The molecule has 0 bridgehead atoms. The smallest absolute Gasteiger partial charge is 0.165 e. The van der Waals surface area contributed by atoms with Crippen LogP contribution >= 0.6 is 0 Å². The van der Waals surface area contributed by atoms with E-state index in [9.17, 15) is 0 Å². The molecule has 8 rings (SSSR count). The van der Waals surface area contributed by atoms with Crippen molar-refractivity contribution in [1.82, 2.24) is 0 Å². The second kappa shape index (κ2) is 14.3. The van der Waals surface area contributed by atoms with Gasteiger partial charge in [0.2, 0.25) is 0 Å². The zero-order valence-electron chi connectivity index (χ0n) is 25.9. The molecule has 0 spiro atoms. The van der Waals surface area contributed by atoms with Crippen LogP contribution in [0.3, 0.4) is 0 Å². The van der Waals surface area contributed by atoms with Crippen molar-refractivity contribution < 1.29 is 26.2 Å². The summed E-state index contributed by atoms with van der Waals surface area (Å²) >= 11 is 0. The molecule has 0 heterocycles. The molecule has 0 fully saturated rings. The third-order valence-corrected chi connectivity index (χ3v) is 7.95. The number of fused-ring (bicyclic) bond motifs is 4. The van der Waals surface area contributed by atoms with Gasteiger partial charge in [-0.2, -0.15) is 12.1 Å². The van der Waals surface area contributed by atoms with Crippen molar-refractivity contribution >= 4 is 52.6 Å². The molecule has 0 saturated heterocycles. The fraction of sp³-hybridized carbons (Fsp3) is 0.0952. The molecule has 8 aromatic carbocycles. The molecule has 212 valence electrons. The molecule has 0 N–H and O–H groups in total. The van der Waals surface area contributed by atoms with Crippen LogP contribution in [0.2, 0.25) is 13.1 Å². The van der Waals surface area contributed by atoms with Gasteiger partial charge < -0.3 is 0 Å². The first kappa shape index (κ1) is 31.6. The minimum absolute atomic E-state index is 0. The van der Waals surface area contributed by atoms with Crippen molar-refractivity contribution in [2.75, 3.05) is 0 Å². The second-order valence-electron chi connectivity index (χ2n) is 11.2. The van der Waals surface area contributed by atoms with Gasteiger partial charge in [0.05, 0.1) is 0 Å². The molecule has 0 aliphatic heterocycles. The van der Waals surface area contributed by atoms with Crippen LogP contribution in [0.15, 0.2) is 146 Å². The van der Waals surface area contributed by atoms with Crippen LogP contribution in [0.5, 0.6) is 0 Å². The summed E-state index contributed by atoms with van der Waals surface area (Å²) in [5.74, 6) is 0. The average Bonchev–Trinajstić information content (AvgIpc) is 3.62. The largest absolute Gasteiger partial charge is 2.00 e. The van der Waals surface area contributed by atoms with Crippen LogP contribution in [0.1, 0.15) is 11.1 Å². The summed E-state index contributed by atoms with van der Waals surface area (Å²) in [5.41, 5.74) is 7.94. The normalized spacial score (nSPS) is 10.6. The molecule has 0 amide bonds. The Labute approximate surface area is 283 Å². The summed E-state index contributed by atoms with van der Waals surface area (Å²) in [5, 5.41) is 10.6. The summed E-state index contributed by atoms with van der Waals surface area (Å²) in [6.45, 7) is 8.62. The molecule has 0 saturated carbocycles. The van der Waals surface area contributed by atoms with Gasteiger partial charge >= 0.3 is 26.2 Å². The van der Waals surface area contributed by atoms with Gasteiger partial charge in [-0.3, -0.25) is 0 Å². The van der Waals surface area contributed by atoms with Crippen LogP contribution in [0.25, 0.3) is 65.3 Å². The van der Waals surface area contributed by atoms with Crippen molar-refractivity contribution in [2.45, 2.75) is 26.9 Å². The zero-order valence-corrected chi connectivity index (χ0v) is 29.3. The Bertz CT molecular complexity index is 2000. The first-order valence-electron chi connectivity index (χ1n) is 14.9. The minimum Gasteiger partial charge on any atom is -0.165 e. The Hall–Kier alpha value is -3.84. The maximum Gasteiger partial charge on any atom is 2.00 e. The van der Waals surface area contributed by atoms with E-state index in [1.165, 1.54) is 76.5 Å². The van der Waals surface area contributed by atoms with Crippen molar-refractivity contribution in [2.24, 2.45) is 0 Å². The van der Waals surface area contributed by atoms with E-state index in [0.29, 0.717) is 0 Å². The van der Waals surface area contributed by atoms with Crippen LogP contribution in [0, 0.1) is 13.8 Å². The van der Waals surface area contributed by atoms with Crippen molar-refractivity contribution in [1.29, 1.82) is 0 Å². The van der Waals surface area contributed by atoms with Gasteiger partial charge in [-0.1, -0.05) is 135 Å². The number of rotatable bonds is 2. The number of hydrogen-bond acceptors (Lipinski definition) is 0. The van der Waals surface area contributed by atoms with E-state index in [2.05, 4.69) is 173 Å². The van der Waals surface area contributed by atoms with Gasteiger partial charge in [0.25, 0.3) is 0 Å². The quantitative estimate of drug-likeness (QED) is 0.128. The van der Waals surface area contributed by atoms with Gasteiger partial charge in [-0.15, -0.1) is 69.1 Å². The molecule has 8 aromatic rings. The minimum atomic E-state index is 0. The van der Waals surface area contributed by atoms with Crippen LogP contribution in [-0.4, -0.2) is 9.52 Å². The van der Waals surface area contributed by atoms with Crippen molar-refractivity contribution in [3.63, 3.8) is 0 Å². The first-order valence-corrected chi connectivity index (χ1v) is 16.9.